The third-order valence-electron chi connectivity index (χ3n) is 5.09. The molecule has 0 radical (unpaired) electrons. The van der Waals surface area contributed by atoms with Crippen molar-refractivity contribution in [2.24, 2.45) is 0 Å². The highest BCUT2D eigenvalue weighted by Gasteiger charge is 2.30. The Morgan fingerprint density at radius 2 is 2.09 bits per heavy atom. The highest BCUT2D eigenvalue weighted by molar-refractivity contribution is 5.83. The van der Waals surface area contributed by atoms with E-state index in [1.54, 1.807) is 36.1 Å². The molecule has 0 bridgehead atoms. The summed E-state index contributed by atoms with van der Waals surface area (Å²) in [5, 5.41) is 2.65. The Balaban J connectivity index is 1.59. The van der Waals surface area contributed by atoms with Gasteiger partial charge in [-0.15, -0.1) is 6.42 Å². The smallest absolute Gasteiger partial charge is 0.278 e. The molecule has 10 heteroatoms. The molecule has 2 aromatic rings. The van der Waals surface area contributed by atoms with Gasteiger partial charge in [0.1, 0.15) is 18.2 Å². The largest absolute Gasteiger partial charge is 0.489 e. The lowest BCUT2D eigenvalue weighted by Gasteiger charge is -2.20. The summed E-state index contributed by atoms with van der Waals surface area (Å²) >= 11 is 0. The zero-order valence-electron chi connectivity index (χ0n) is 18.4. The first-order chi connectivity index (χ1) is 15.7. The minimum Gasteiger partial charge on any atom is -0.489 e. The van der Waals surface area contributed by atoms with E-state index in [9.17, 15) is 18.0 Å². The average molecular weight is 462 g/mol. The van der Waals surface area contributed by atoms with Crippen LogP contribution in [-0.4, -0.2) is 54.1 Å². The van der Waals surface area contributed by atoms with E-state index >= 15 is 0 Å². The average Bonchev–Trinajstić information content (AvgIpc) is 3.24. The normalized spacial score (nSPS) is 16.7. The number of aromatic nitrogens is 2. The molecule has 1 aromatic carbocycles. The lowest BCUT2D eigenvalue weighted by atomic mass is 10.0. The van der Waals surface area contributed by atoms with Gasteiger partial charge in [0.05, 0.1) is 19.0 Å². The number of carbonyl (C=O) groups excluding carboxylic acids is 1. The SMILES string of the molecule is C#CCNC(=O)C(C)c1ccc(O[C@@H]2CCN(c3ncnc(OCC(C)(F)F)c3F)C2)cc1. The summed E-state index contributed by atoms with van der Waals surface area (Å²) in [7, 11) is 0. The number of anilines is 1. The molecule has 1 unspecified atom stereocenters. The van der Waals surface area contributed by atoms with E-state index in [2.05, 4.69) is 21.2 Å². The standard InChI is InChI=1S/C23H25F3N4O3/c1-4-10-27-21(31)15(2)16-5-7-17(8-6-16)33-18-9-11-30(12-18)20-19(24)22(29-14-28-20)32-13-23(3,25)26/h1,5-8,14-15,18H,9-13H2,2-3H3,(H,27,31)/t15?,18-/m1/s1. The fraction of sp³-hybridized carbons (Fsp3) is 0.435. The van der Waals surface area contributed by atoms with Crippen LogP contribution >= 0.6 is 0 Å². The number of nitrogens with zero attached hydrogens (tertiary/aromatic N) is 3. The fourth-order valence-corrected chi connectivity index (χ4v) is 3.35. The maximum atomic E-state index is 14.7. The second-order valence-corrected chi connectivity index (χ2v) is 7.86. The van der Waals surface area contributed by atoms with Crippen LogP contribution in [0.25, 0.3) is 0 Å². The van der Waals surface area contributed by atoms with E-state index in [0.717, 1.165) is 11.9 Å². The summed E-state index contributed by atoms with van der Waals surface area (Å²) in [5.41, 5.74) is 0.818. The van der Waals surface area contributed by atoms with E-state index in [-0.39, 0.29) is 30.3 Å². The summed E-state index contributed by atoms with van der Waals surface area (Å²) in [5.74, 6) is -2.07. The van der Waals surface area contributed by atoms with Crippen molar-refractivity contribution >= 4 is 11.7 Å². The Morgan fingerprint density at radius 1 is 1.36 bits per heavy atom. The van der Waals surface area contributed by atoms with E-state index in [1.165, 1.54) is 0 Å². The lowest BCUT2D eigenvalue weighted by molar-refractivity contribution is -0.121. The van der Waals surface area contributed by atoms with Crippen LogP contribution in [0.15, 0.2) is 30.6 Å². The van der Waals surface area contributed by atoms with Crippen molar-refractivity contribution < 1.29 is 27.4 Å². The van der Waals surface area contributed by atoms with Crippen LogP contribution in [0.4, 0.5) is 19.0 Å². The summed E-state index contributed by atoms with van der Waals surface area (Å²) in [6, 6.07) is 7.15. The van der Waals surface area contributed by atoms with Crippen LogP contribution in [0, 0.1) is 18.2 Å². The number of rotatable bonds is 9. The molecule has 1 fully saturated rings. The molecule has 176 valence electrons. The van der Waals surface area contributed by atoms with Gasteiger partial charge in [0.15, 0.2) is 12.4 Å². The van der Waals surface area contributed by atoms with Crippen molar-refractivity contribution in [1.82, 2.24) is 15.3 Å². The molecule has 3 rings (SSSR count). The molecule has 1 aromatic heterocycles. The van der Waals surface area contributed by atoms with Gasteiger partial charge in [0.25, 0.3) is 11.8 Å². The van der Waals surface area contributed by atoms with Crippen LogP contribution in [0.1, 0.15) is 31.7 Å². The Kier molecular flexibility index (Phi) is 7.63. The number of nitrogens with one attached hydrogen (secondary N) is 1. The van der Waals surface area contributed by atoms with E-state index < -0.39 is 24.2 Å². The molecule has 1 aliphatic heterocycles. The zero-order valence-corrected chi connectivity index (χ0v) is 18.4. The van der Waals surface area contributed by atoms with Crippen LogP contribution in [0.2, 0.25) is 0 Å². The van der Waals surface area contributed by atoms with Gasteiger partial charge in [-0.2, -0.15) is 9.37 Å². The number of carbonyl (C=O) groups is 1. The van der Waals surface area contributed by atoms with Crippen LogP contribution in [0.5, 0.6) is 11.6 Å². The van der Waals surface area contributed by atoms with Gasteiger partial charge >= 0.3 is 0 Å². The first-order valence-corrected chi connectivity index (χ1v) is 10.4. The molecule has 33 heavy (non-hydrogen) atoms. The third kappa shape index (κ3) is 6.51. The lowest BCUT2D eigenvalue weighted by Crippen LogP contribution is -2.28. The van der Waals surface area contributed by atoms with Gasteiger partial charge in [-0.05, 0) is 24.6 Å². The van der Waals surface area contributed by atoms with E-state index in [0.29, 0.717) is 32.2 Å². The summed E-state index contributed by atoms with van der Waals surface area (Å²) in [6.45, 7) is 2.47. The summed E-state index contributed by atoms with van der Waals surface area (Å²) in [4.78, 5) is 21.3. The van der Waals surface area contributed by atoms with Gasteiger partial charge in [0.2, 0.25) is 11.7 Å². The first-order valence-electron chi connectivity index (χ1n) is 10.4. The Bertz CT molecular complexity index is 1010. The van der Waals surface area contributed by atoms with Gasteiger partial charge in [-0.3, -0.25) is 4.79 Å². The summed E-state index contributed by atoms with van der Waals surface area (Å²) < 4.78 is 51.5. The van der Waals surface area contributed by atoms with Crippen molar-refractivity contribution in [2.75, 3.05) is 31.1 Å². The number of hydrogen-bond acceptors (Lipinski definition) is 6. The molecule has 1 amide bonds. The number of alkyl halides is 2. The van der Waals surface area contributed by atoms with E-state index in [1.807, 2.05) is 0 Å². The topological polar surface area (TPSA) is 76.6 Å². The Morgan fingerprint density at radius 3 is 2.76 bits per heavy atom. The maximum absolute atomic E-state index is 14.7. The van der Waals surface area contributed by atoms with Crippen LogP contribution in [0.3, 0.4) is 0 Å². The molecule has 2 atom stereocenters. The van der Waals surface area contributed by atoms with Gasteiger partial charge in [-0.25, -0.2) is 13.8 Å². The molecular formula is C23H25F3N4O3. The Hall–Kier alpha value is -3.48. The van der Waals surface area contributed by atoms with Gasteiger partial charge in [-0.1, -0.05) is 18.1 Å². The van der Waals surface area contributed by atoms with E-state index in [4.69, 9.17) is 15.9 Å². The molecule has 0 saturated carbocycles. The molecular weight excluding hydrogens is 437 g/mol. The predicted molar refractivity (Wildman–Crippen MR) is 116 cm³/mol. The minimum atomic E-state index is -3.11. The van der Waals surface area contributed by atoms with Crippen molar-refractivity contribution in [1.29, 1.82) is 0 Å². The first kappa shape index (κ1) is 24.2. The number of amides is 1. The Labute approximate surface area is 190 Å². The summed E-state index contributed by atoms with van der Waals surface area (Å²) in [6.07, 6.45) is 6.62. The molecule has 1 N–H and O–H groups in total. The van der Waals surface area contributed by atoms with Crippen molar-refractivity contribution in [3.63, 3.8) is 0 Å². The van der Waals surface area contributed by atoms with Gasteiger partial charge in [0, 0.05) is 19.9 Å². The third-order valence-corrected chi connectivity index (χ3v) is 5.09. The highest BCUT2D eigenvalue weighted by Crippen LogP contribution is 2.29. The highest BCUT2D eigenvalue weighted by atomic mass is 19.3. The predicted octanol–water partition coefficient (Wildman–Crippen LogP) is 3.16. The molecule has 0 spiro atoms. The second-order valence-electron chi connectivity index (χ2n) is 7.86. The maximum Gasteiger partial charge on any atom is 0.278 e. The minimum absolute atomic E-state index is 0.0207. The molecule has 1 saturated heterocycles. The van der Waals surface area contributed by atoms with Gasteiger partial charge < -0.3 is 19.7 Å². The molecule has 2 heterocycles. The number of hydrogen-bond donors (Lipinski definition) is 1. The zero-order chi connectivity index (χ0) is 24.0. The molecule has 7 nitrogen and oxygen atoms in total. The number of ether oxygens (including phenoxy) is 2. The molecule has 1 aliphatic rings. The monoisotopic (exact) mass is 462 g/mol. The molecule has 0 aliphatic carbocycles. The van der Waals surface area contributed by atoms with Crippen LogP contribution < -0.4 is 19.7 Å². The quantitative estimate of drug-likeness (QED) is 0.577. The van der Waals surface area contributed by atoms with Crippen molar-refractivity contribution in [2.45, 2.75) is 38.2 Å². The fourth-order valence-electron chi connectivity index (χ4n) is 3.35. The van der Waals surface area contributed by atoms with Crippen LogP contribution in [-0.2, 0) is 4.79 Å². The second kappa shape index (κ2) is 10.4. The number of halogens is 3. The number of benzene rings is 1. The number of terminal acetylenes is 1. The van der Waals surface area contributed by atoms with Crippen molar-refractivity contribution in [3.05, 3.63) is 42.0 Å². The van der Waals surface area contributed by atoms with Crippen molar-refractivity contribution in [3.8, 4) is 24.0 Å².